The van der Waals surface area contributed by atoms with Crippen molar-refractivity contribution in [1.29, 1.82) is 0 Å². The standard InChI is InChI=1S/C18H29IO2/c1-14(2)12-20-10-11-21-18(5,13-19)17-8-6-16(7-9-17)15(3)4/h6-9,14-15H,10-13H2,1-5H3. The Morgan fingerprint density at radius 1 is 1.05 bits per heavy atom. The molecule has 2 nitrogen and oxygen atoms in total. The lowest BCUT2D eigenvalue weighted by Crippen LogP contribution is -2.29. The zero-order valence-electron chi connectivity index (χ0n) is 14.0. The Hall–Kier alpha value is -0.130. The third-order valence-corrected chi connectivity index (χ3v) is 5.00. The molecule has 1 aromatic rings. The summed E-state index contributed by atoms with van der Waals surface area (Å²) < 4.78 is 12.6. The Morgan fingerprint density at radius 2 is 1.67 bits per heavy atom. The van der Waals surface area contributed by atoms with Gasteiger partial charge in [-0.1, -0.05) is 74.6 Å². The van der Waals surface area contributed by atoms with E-state index in [0.29, 0.717) is 25.0 Å². The summed E-state index contributed by atoms with van der Waals surface area (Å²) in [7, 11) is 0. The molecule has 0 N–H and O–H groups in total. The molecule has 0 saturated heterocycles. The summed E-state index contributed by atoms with van der Waals surface area (Å²) in [5.41, 5.74) is 2.37. The van der Waals surface area contributed by atoms with Gasteiger partial charge in [0, 0.05) is 11.0 Å². The maximum absolute atomic E-state index is 6.11. The van der Waals surface area contributed by atoms with Crippen LogP contribution in [-0.2, 0) is 15.1 Å². The quantitative estimate of drug-likeness (QED) is 0.322. The van der Waals surface area contributed by atoms with Crippen LogP contribution in [0.1, 0.15) is 51.7 Å². The van der Waals surface area contributed by atoms with Crippen molar-refractivity contribution in [3.8, 4) is 0 Å². The van der Waals surface area contributed by atoms with Gasteiger partial charge in [-0.05, 0) is 29.9 Å². The zero-order valence-corrected chi connectivity index (χ0v) is 16.1. The first kappa shape index (κ1) is 18.9. The second-order valence-corrected chi connectivity index (χ2v) is 7.22. The minimum absolute atomic E-state index is 0.239. The second kappa shape index (κ2) is 9.11. The lowest BCUT2D eigenvalue weighted by Gasteiger charge is -2.29. The molecule has 1 atom stereocenters. The fourth-order valence-electron chi connectivity index (χ4n) is 2.06. The van der Waals surface area contributed by atoms with Crippen LogP contribution in [0.4, 0.5) is 0 Å². The second-order valence-electron chi connectivity index (χ2n) is 6.46. The van der Waals surface area contributed by atoms with Crippen LogP contribution in [0.3, 0.4) is 0 Å². The third-order valence-electron chi connectivity index (χ3n) is 3.54. The van der Waals surface area contributed by atoms with Gasteiger partial charge < -0.3 is 9.47 Å². The van der Waals surface area contributed by atoms with E-state index in [2.05, 4.69) is 81.5 Å². The summed E-state index contributed by atoms with van der Waals surface area (Å²) in [6.07, 6.45) is 0. The molecule has 1 aromatic carbocycles. The lowest BCUT2D eigenvalue weighted by molar-refractivity contribution is -0.0475. The SMILES string of the molecule is CC(C)COCCOC(C)(CI)c1ccc(C(C)C)cc1. The van der Waals surface area contributed by atoms with E-state index in [1.807, 2.05) is 0 Å². The summed E-state index contributed by atoms with van der Waals surface area (Å²) in [6, 6.07) is 8.82. The van der Waals surface area contributed by atoms with Gasteiger partial charge in [0.05, 0.1) is 18.8 Å². The molecular weight excluding hydrogens is 375 g/mol. The van der Waals surface area contributed by atoms with E-state index >= 15 is 0 Å². The molecule has 0 amide bonds. The number of hydrogen-bond donors (Lipinski definition) is 0. The molecule has 120 valence electrons. The summed E-state index contributed by atoms with van der Waals surface area (Å²) >= 11 is 2.40. The van der Waals surface area contributed by atoms with E-state index in [1.165, 1.54) is 11.1 Å². The number of alkyl halides is 1. The number of benzene rings is 1. The van der Waals surface area contributed by atoms with Crippen molar-refractivity contribution in [1.82, 2.24) is 0 Å². The molecule has 0 aliphatic heterocycles. The van der Waals surface area contributed by atoms with Crippen molar-refractivity contribution in [2.45, 2.75) is 46.1 Å². The lowest BCUT2D eigenvalue weighted by atomic mass is 9.94. The van der Waals surface area contributed by atoms with Gasteiger partial charge in [0.1, 0.15) is 0 Å². The van der Waals surface area contributed by atoms with Gasteiger partial charge in [-0.15, -0.1) is 0 Å². The molecule has 0 aliphatic rings. The Balaban J connectivity index is 2.58. The molecule has 1 unspecified atom stereocenters. The molecule has 0 heterocycles. The molecule has 0 fully saturated rings. The van der Waals surface area contributed by atoms with Crippen LogP contribution in [0.25, 0.3) is 0 Å². The smallest absolute Gasteiger partial charge is 0.0993 e. The van der Waals surface area contributed by atoms with Crippen molar-refractivity contribution in [2.75, 3.05) is 24.2 Å². The molecule has 0 saturated carbocycles. The van der Waals surface area contributed by atoms with Crippen LogP contribution >= 0.6 is 22.6 Å². The van der Waals surface area contributed by atoms with Gasteiger partial charge in [0.25, 0.3) is 0 Å². The summed E-state index contributed by atoms with van der Waals surface area (Å²) in [5.74, 6) is 1.14. The van der Waals surface area contributed by atoms with Gasteiger partial charge in [0.2, 0.25) is 0 Å². The highest BCUT2D eigenvalue weighted by Gasteiger charge is 2.26. The van der Waals surface area contributed by atoms with Crippen LogP contribution < -0.4 is 0 Å². The fourth-order valence-corrected chi connectivity index (χ4v) is 2.73. The van der Waals surface area contributed by atoms with E-state index in [9.17, 15) is 0 Å². The molecule has 0 spiro atoms. The molecule has 0 aromatic heterocycles. The topological polar surface area (TPSA) is 18.5 Å². The minimum atomic E-state index is -0.239. The Bertz CT molecular complexity index is 400. The minimum Gasteiger partial charge on any atom is -0.379 e. The summed E-state index contributed by atoms with van der Waals surface area (Å²) in [4.78, 5) is 0. The van der Waals surface area contributed by atoms with Gasteiger partial charge >= 0.3 is 0 Å². The highest BCUT2D eigenvalue weighted by atomic mass is 127. The molecule has 3 heteroatoms. The van der Waals surface area contributed by atoms with Crippen LogP contribution in [-0.4, -0.2) is 24.2 Å². The van der Waals surface area contributed by atoms with E-state index in [1.54, 1.807) is 0 Å². The number of halogens is 1. The molecule has 0 radical (unpaired) electrons. The molecular formula is C18H29IO2. The van der Waals surface area contributed by atoms with Crippen LogP contribution in [0.2, 0.25) is 0 Å². The highest BCUT2D eigenvalue weighted by Crippen LogP contribution is 2.29. The Kier molecular flexibility index (Phi) is 8.21. The predicted molar refractivity (Wildman–Crippen MR) is 98.4 cm³/mol. The van der Waals surface area contributed by atoms with E-state index in [4.69, 9.17) is 9.47 Å². The largest absolute Gasteiger partial charge is 0.379 e. The molecule has 0 bridgehead atoms. The maximum Gasteiger partial charge on any atom is 0.0993 e. The van der Waals surface area contributed by atoms with Gasteiger partial charge in [-0.2, -0.15) is 0 Å². The van der Waals surface area contributed by atoms with Gasteiger partial charge in [0.15, 0.2) is 0 Å². The Labute approximate surface area is 143 Å². The summed E-state index contributed by atoms with van der Waals surface area (Å²) in [5, 5.41) is 0. The van der Waals surface area contributed by atoms with E-state index in [0.717, 1.165) is 11.0 Å². The zero-order chi connectivity index (χ0) is 15.9. The number of hydrogen-bond acceptors (Lipinski definition) is 2. The molecule has 21 heavy (non-hydrogen) atoms. The van der Waals surface area contributed by atoms with Crippen LogP contribution in [0, 0.1) is 5.92 Å². The molecule has 1 rings (SSSR count). The monoisotopic (exact) mass is 404 g/mol. The van der Waals surface area contributed by atoms with E-state index in [-0.39, 0.29) is 5.60 Å². The van der Waals surface area contributed by atoms with Gasteiger partial charge in [-0.25, -0.2) is 0 Å². The van der Waals surface area contributed by atoms with Crippen LogP contribution in [0.15, 0.2) is 24.3 Å². The first-order valence-corrected chi connectivity index (χ1v) is 9.29. The normalized spacial score (nSPS) is 14.7. The average Bonchev–Trinajstić information content (AvgIpc) is 2.46. The van der Waals surface area contributed by atoms with Crippen molar-refractivity contribution in [3.05, 3.63) is 35.4 Å². The summed E-state index contributed by atoms with van der Waals surface area (Å²) in [6.45, 7) is 13.0. The number of rotatable bonds is 9. The average molecular weight is 404 g/mol. The first-order valence-electron chi connectivity index (χ1n) is 7.77. The van der Waals surface area contributed by atoms with Crippen molar-refractivity contribution < 1.29 is 9.47 Å². The number of ether oxygens (including phenoxy) is 2. The first-order chi connectivity index (χ1) is 9.89. The maximum atomic E-state index is 6.11. The third kappa shape index (κ3) is 6.25. The Morgan fingerprint density at radius 3 is 2.14 bits per heavy atom. The van der Waals surface area contributed by atoms with E-state index < -0.39 is 0 Å². The predicted octanol–water partition coefficient (Wildman–Crippen LogP) is 5.15. The van der Waals surface area contributed by atoms with Crippen molar-refractivity contribution in [2.24, 2.45) is 5.92 Å². The molecule has 0 aliphatic carbocycles. The fraction of sp³-hybridized carbons (Fsp3) is 0.667. The van der Waals surface area contributed by atoms with Crippen molar-refractivity contribution >= 4 is 22.6 Å². The van der Waals surface area contributed by atoms with Crippen molar-refractivity contribution in [3.63, 3.8) is 0 Å². The van der Waals surface area contributed by atoms with Crippen LogP contribution in [0.5, 0.6) is 0 Å². The van der Waals surface area contributed by atoms with Gasteiger partial charge in [-0.3, -0.25) is 0 Å². The highest BCUT2D eigenvalue weighted by molar-refractivity contribution is 14.1.